The quantitative estimate of drug-likeness (QED) is 0.583. The Morgan fingerprint density at radius 2 is 1.79 bits per heavy atom. The van der Waals surface area contributed by atoms with Crippen molar-refractivity contribution in [2.24, 2.45) is 0 Å². The highest BCUT2D eigenvalue weighted by atomic mass is 19.4. The summed E-state index contributed by atoms with van der Waals surface area (Å²) in [4.78, 5) is 46.0. The molecule has 0 aliphatic carbocycles. The summed E-state index contributed by atoms with van der Waals surface area (Å²) >= 11 is 0. The van der Waals surface area contributed by atoms with Crippen LogP contribution in [-0.4, -0.2) is 78.9 Å². The minimum atomic E-state index is -5.08. The number of aromatic nitrogens is 4. The van der Waals surface area contributed by atoms with Gasteiger partial charge >= 0.3 is 12.1 Å². The van der Waals surface area contributed by atoms with Crippen molar-refractivity contribution in [2.75, 3.05) is 26.2 Å². The minimum Gasteiger partial charge on any atom is -0.475 e. The van der Waals surface area contributed by atoms with Gasteiger partial charge in [-0.2, -0.15) is 18.3 Å². The van der Waals surface area contributed by atoms with Crippen molar-refractivity contribution in [2.45, 2.75) is 26.2 Å². The molecule has 0 radical (unpaired) electrons. The molecule has 1 fully saturated rings. The second kappa shape index (κ2) is 10.5. The number of alkyl halides is 3. The number of nitrogens with zero attached hydrogens (tertiary/aromatic N) is 5. The van der Waals surface area contributed by atoms with E-state index in [1.807, 2.05) is 25.1 Å². The average Bonchev–Trinajstić information content (AvgIpc) is 3.32. The predicted octanol–water partition coefficient (Wildman–Crippen LogP) is 1.73. The lowest BCUT2D eigenvalue weighted by molar-refractivity contribution is -0.192. The van der Waals surface area contributed by atoms with Crippen LogP contribution in [0.1, 0.15) is 23.2 Å². The molecule has 2 aromatic heterocycles. The molecule has 10 nitrogen and oxygen atoms in total. The fraction of sp³-hybridized carbons (Fsp3) is 0.381. The predicted molar refractivity (Wildman–Crippen MR) is 115 cm³/mol. The number of nitrogens with one attached hydrogen (secondary N) is 1. The molecule has 34 heavy (non-hydrogen) atoms. The van der Waals surface area contributed by atoms with Gasteiger partial charge in [0.25, 0.3) is 5.91 Å². The molecule has 0 atom stereocenters. The lowest BCUT2D eigenvalue weighted by atomic mass is 10.1. The van der Waals surface area contributed by atoms with E-state index in [0.29, 0.717) is 25.0 Å². The lowest BCUT2D eigenvalue weighted by Gasteiger charge is -2.34. The molecule has 182 valence electrons. The van der Waals surface area contributed by atoms with Crippen molar-refractivity contribution in [3.8, 4) is 0 Å². The van der Waals surface area contributed by atoms with Crippen LogP contribution in [0.15, 0.2) is 41.5 Å². The maximum absolute atomic E-state index is 13.0. The fourth-order valence-corrected chi connectivity index (χ4v) is 3.47. The summed E-state index contributed by atoms with van der Waals surface area (Å²) in [7, 11) is 0. The first-order chi connectivity index (χ1) is 16.1. The molecule has 1 aromatic carbocycles. The van der Waals surface area contributed by atoms with Gasteiger partial charge in [0, 0.05) is 50.5 Å². The van der Waals surface area contributed by atoms with Crippen molar-refractivity contribution >= 4 is 22.8 Å². The number of fused-ring (bicyclic) bond motifs is 1. The Morgan fingerprint density at radius 3 is 2.35 bits per heavy atom. The van der Waals surface area contributed by atoms with Gasteiger partial charge < -0.3 is 15.0 Å². The van der Waals surface area contributed by atoms with E-state index in [0.717, 1.165) is 31.0 Å². The first-order valence-electron chi connectivity index (χ1n) is 10.4. The van der Waals surface area contributed by atoms with Crippen LogP contribution < -0.4 is 5.43 Å². The number of aliphatic carboxylic acids is 1. The maximum Gasteiger partial charge on any atom is 0.490 e. The van der Waals surface area contributed by atoms with E-state index in [-0.39, 0.29) is 17.0 Å². The number of benzene rings is 1. The zero-order valence-electron chi connectivity index (χ0n) is 18.2. The highest BCUT2D eigenvalue weighted by Crippen LogP contribution is 2.13. The molecule has 1 amide bonds. The van der Waals surface area contributed by atoms with E-state index in [1.165, 1.54) is 0 Å². The number of H-pyrrole nitrogens is 1. The summed E-state index contributed by atoms with van der Waals surface area (Å²) < 4.78 is 33.5. The molecule has 1 aliphatic rings. The lowest BCUT2D eigenvalue weighted by Crippen LogP contribution is -2.49. The van der Waals surface area contributed by atoms with Crippen LogP contribution in [0.2, 0.25) is 0 Å². The Morgan fingerprint density at radius 1 is 1.15 bits per heavy atom. The third-order valence-corrected chi connectivity index (χ3v) is 5.19. The van der Waals surface area contributed by atoms with Crippen molar-refractivity contribution in [1.29, 1.82) is 0 Å². The number of carbonyl (C=O) groups excluding carboxylic acids is 1. The van der Waals surface area contributed by atoms with Gasteiger partial charge in [-0.3, -0.25) is 19.2 Å². The molecule has 0 saturated carbocycles. The van der Waals surface area contributed by atoms with E-state index in [2.05, 4.69) is 20.0 Å². The average molecular weight is 480 g/mol. The summed E-state index contributed by atoms with van der Waals surface area (Å²) in [6.45, 7) is 5.89. The monoisotopic (exact) mass is 480 g/mol. The Balaban J connectivity index is 0.000000406. The normalized spacial score (nSPS) is 14.5. The number of carboxylic acids is 1. The molecular weight excluding hydrogens is 457 g/mol. The number of halogens is 3. The number of hydrogen-bond acceptors (Lipinski definition) is 6. The molecule has 1 saturated heterocycles. The van der Waals surface area contributed by atoms with E-state index in [4.69, 9.17) is 9.90 Å². The Bertz CT molecular complexity index is 1200. The molecule has 4 rings (SSSR count). The van der Waals surface area contributed by atoms with Gasteiger partial charge in [0.05, 0.1) is 12.1 Å². The SMILES string of the molecule is CCn1nc(C(=O)N2CCN(Cc3ncc[nH]3)CC2)c(=O)c2ccccc21.O=C(O)C(F)(F)F. The van der Waals surface area contributed by atoms with Crippen LogP contribution in [0.3, 0.4) is 0 Å². The van der Waals surface area contributed by atoms with Crippen molar-refractivity contribution in [3.63, 3.8) is 0 Å². The Kier molecular flexibility index (Phi) is 7.66. The first kappa shape index (κ1) is 24.9. The number of imidazole rings is 1. The number of carboxylic acid groups (broad SMARTS) is 1. The second-order valence-electron chi connectivity index (χ2n) is 7.42. The number of aryl methyl sites for hydroxylation is 1. The smallest absolute Gasteiger partial charge is 0.475 e. The van der Waals surface area contributed by atoms with Gasteiger partial charge in [-0.1, -0.05) is 12.1 Å². The molecule has 1 aliphatic heterocycles. The largest absolute Gasteiger partial charge is 0.490 e. The number of piperazine rings is 1. The fourth-order valence-electron chi connectivity index (χ4n) is 3.47. The van der Waals surface area contributed by atoms with Gasteiger partial charge in [-0.25, -0.2) is 9.78 Å². The minimum absolute atomic E-state index is 0.00929. The van der Waals surface area contributed by atoms with Gasteiger partial charge in [-0.15, -0.1) is 0 Å². The molecular formula is C21H23F3N6O4. The number of hydrogen-bond donors (Lipinski definition) is 2. The topological polar surface area (TPSA) is 124 Å². The van der Waals surface area contributed by atoms with Crippen molar-refractivity contribution in [1.82, 2.24) is 29.5 Å². The molecule has 0 spiro atoms. The molecule has 0 bridgehead atoms. The van der Waals surface area contributed by atoms with Crippen LogP contribution in [0.25, 0.3) is 10.9 Å². The number of carbonyl (C=O) groups is 2. The number of amides is 1. The summed E-state index contributed by atoms with van der Waals surface area (Å²) in [6.07, 6.45) is -1.54. The maximum atomic E-state index is 13.0. The summed E-state index contributed by atoms with van der Waals surface area (Å²) in [6, 6.07) is 7.29. The van der Waals surface area contributed by atoms with Gasteiger partial charge in [0.2, 0.25) is 5.43 Å². The van der Waals surface area contributed by atoms with E-state index in [9.17, 15) is 22.8 Å². The summed E-state index contributed by atoms with van der Waals surface area (Å²) in [5.74, 6) is -2.13. The van der Waals surface area contributed by atoms with Crippen LogP contribution >= 0.6 is 0 Å². The third kappa shape index (κ3) is 5.78. The standard InChI is InChI=1S/C19H22N6O2.C2HF3O2/c1-2-25-15-6-4-3-5-14(15)18(26)17(22-25)19(27)24-11-9-23(10-12-24)13-16-20-7-8-21-16;3-2(4,5)1(6)7/h3-8H,2,9-13H2,1H3,(H,20,21);(H,6,7). The van der Waals surface area contributed by atoms with E-state index in [1.54, 1.807) is 28.0 Å². The molecule has 0 unspecified atom stereocenters. The Hall–Kier alpha value is -3.74. The van der Waals surface area contributed by atoms with Crippen LogP contribution in [0.5, 0.6) is 0 Å². The van der Waals surface area contributed by atoms with Crippen LogP contribution in [0, 0.1) is 0 Å². The highest BCUT2D eigenvalue weighted by Gasteiger charge is 2.38. The third-order valence-electron chi connectivity index (χ3n) is 5.19. The van der Waals surface area contributed by atoms with Crippen molar-refractivity contribution in [3.05, 3.63) is 58.4 Å². The molecule has 3 aromatic rings. The molecule has 2 N–H and O–H groups in total. The summed E-state index contributed by atoms with van der Waals surface area (Å²) in [5, 5.41) is 12.0. The van der Waals surface area contributed by atoms with Crippen molar-refractivity contribution < 1.29 is 27.9 Å². The van der Waals surface area contributed by atoms with Crippen LogP contribution in [-0.2, 0) is 17.9 Å². The zero-order chi connectivity index (χ0) is 24.9. The Labute approximate surface area is 191 Å². The van der Waals surface area contributed by atoms with Gasteiger partial charge in [0.1, 0.15) is 5.82 Å². The highest BCUT2D eigenvalue weighted by molar-refractivity contribution is 5.95. The number of aromatic amines is 1. The van der Waals surface area contributed by atoms with Gasteiger partial charge in [0.15, 0.2) is 5.69 Å². The van der Waals surface area contributed by atoms with E-state index >= 15 is 0 Å². The zero-order valence-corrected chi connectivity index (χ0v) is 18.2. The summed E-state index contributed by atoms with van der Waals surface area (Å²) in [5.41, 5.74) is 0.471. The van der Waals surface area contributed by atoms with Crippen LogP contribution in [0.4, 0.5) is 13.2 Å². The first-order valence-corrected chi connectivity index (χ1v) is 10.4. The number of para-hydroxylation sites is 1. The molecule has 3 heterocycles. The molecule has 13 heteroatoms. The number of rotatable bonds is 4. The van der Waals surface area contributed by atoms with Gasteiger partial charge in [-0.05, 0) is 19.1 Å². The van der Waals surface area contributed by atoms with E-state index < -0.39 is 12.1 Å². The second-order valence-corrected chi connectivity index (χ2v) is 7.42.